The van der Waals surface area contributed by atoms with Gasteiger partial charge in [0.15, 0.2) is 0 Å². The summed E-state index contributed by atoms with van der Waals surface area (Å²) in [5.74, 6) is 3.04. The second-order valence-electron chi connectivity index (χ2n) is 5.46. The minimum atomic E-state index is 0.156. The molecule has 19 heavy (non-hydrogen) atoms. The molecule has 2 N–H and O–H groups in total. The van der Waals surface area contributed by atoms with E-state index in [-0.39, 0.29) is 12.0 Å². The zero-order valence-corrected chi connectivity index (χ0v) is 10.4. The second kappa shape index (κ2) is 4.09. The van der Waals surface area contributed by atoms with Gasteiger partial charge in [-0.2, -0.15) is 4.98 Å². The quantitative estimate of drug-likeness (QED) is 0.873. The lowest BCUT2D eigenvalue weighted by Crippen LogP contribution is -2.34. The molecule has 2 fully saturated rings. The van der Waals surface area contributed by atoms with Crippen LogP contribution in [-0.4, -0.2) is 26.2 Å². The van der Waals surface area contributed by atoms with Crippen LogP contribution in [0.15, 0.2) is 23.0 Å². The number of hydrogen-bond acceptors (Lipinski definition) is 6. The van der Waals surface area contributed by atoms with Crippen molar-refractivity contribution in [3.63, 3.8) is 0 Å². The first-order valence-corrected chi connectivity index (χ1v) is 6.69. The summed E-state index contributed by atoms with van der Waals surface area (Å²) in [5, 5.41) is 3.98. The van der Waals surface area contributed by atoms with Crippen molar-refractivity contribution < 1.29 is 4.52 Å². The number of aromatic nitrogens is 4. The SMILES string of the molecule is NC1C2CCC(C2)C1c1nc(-c2ncccn2)no1. The van der Waals surface area contributed by atoms with E-state index in [0.717, 1.165) is 0 Å². The highest BCUT2D eigenvalue weighted by atomic mass is 16.5. The molecule has 0 aromatic carbocycles. The van der Waals surface area contributed by atoms with Crippen molar-refractivity contribution in [2.45, 2.75) is 31.2 Å². The summed E-state index contributed by atoms with van der Waals surface area (Å²) in [7, 11) is 0. The van der Waals surface area contributed by atoms with Crippen LogP contribution in [0, 0.1) is 11.8 Å². The Morgan fingerprint density at radius 2 is 1.89 bits per heavy atom. The highest BCUT2D eigenvalue weighted by Gasteiger charge is 2.48. The Balaban J connectivity index is 1.65. The highest BCUT2D eigenvalue weighted by molar-refractivity contribution is 5.40. The van der Waals surface area contributed by atoms with E-state index < -0.39 is 0 Å². The normalized spacial score (nSPS) is 32.9. The van der Waals surface area contributed by atoms with Crippen molar-refractivity contribution in [2.75, 3.05) is 0 Å². The standard InChI is InChI=1S/C13H15N5O/c14-10-8-3-2-7(6-8)9(10)13-17-12(18-19-13)11-15-4-1-5-16-11/h1,4-5,7-10H,2-3,6,14H2. The number of nitrogens with zero attached hydrogens (tertiary/aromatic N) is 4. The molecule has 0 saturated heterocycles. The third-order valence-electron chi connectivity index (χ3n) is 4.47. The van der Waals surface area contributed by atoms with Crippen LogP contribution < -0.4 is 5.73 Å². The van der Waals surface area contributed by atoms with Crippen LogP contribution in [0.3, 0.4) is 0 Å². The van der Waals surface area contributed by atoms with Gasteiger partial charge < -0.3 is 10.3 Å². The fourth-order valence-electron chi connectivity index (χ4n) is 3.58. The van der Waals surface area contributed by atoms with E-state index >= 15 is 0 Å². The van der Waals surface area contributed by atoms with Crippen molar-refractivity contribution in [3.05, 3.63) is 24.4 Å². The maximum absolute atomic E-state index is 6.29. The maximum atomic E-state index is 6.29. The number of fused-ring (bicyclic) bond motifs is 2. The van der Waals surface area contributed by atoms with Crippen molar-refractivity contribution in [2.24, 2.45) is 17.6 Å². The molecule has 0 spiro atoms. The van der Waals surface area contributed by atoms with Gasteiger partial charge in [-0.05, 0) is 37.2 Å². The fraction of sp³-hybridized carbons (Fsp3) is 0.538. The number of nitrogens with two attached hydrogens (primary N) is 1. The Labute approximate surface area is 110 Å². The summed E-state index contributed by atoms with van der Waals surface area (Å²) in [6.07, 6.45) is 7.00. The predicted octanol–water partition coefficient (Wildman–Crippen LogP) is 1.37. The van der Waals surface area contributed by atoms with Crippen molar-refractivity contribution >= 4 is 0 Å². The van der Waals surface area contributed by atoms with Crippen LogP contribution in [0.25, 0.3) is 11.6 Å². The van der Waals surface area contributed by atoms with Gasteiger partial charge in [0, 0.05) is 18.4 Å². The summed E-state index contributed by atoms with van der Waals surface area (Å²) < 4.78 is 5.40. The lowest BCUT2D eigenvalue weighted by atomic mass is 9.85. The van der Waals surface area contributed by atoms with Crippen molar-refractivity contribution in [1.29, 1.82) is 0 Å². The van der Waals surface area contributed by atoms with Gasteiger partial charge in [-0.15, -0.1) is 0 Å². The average Bonchev–Trinajstić information content (AvgIpc) is 3.14. The van der Waals surface area contributed by atoms with Crippen LogP contribution in [0.1, 0.15) is 31.1 Å². The van der Waals surface area contributed by atoms with E-state index in [9.17, 15) is 0 Å². The molecule has 2 bridgehead atoms. The largest absolute Gasteiger partial charge is 0.338 e. The summed E-state index contributed by atoms with van der Waals surface area (Å²) >= 11 is 0. The monoisotopic (exact) mass is 257 g/mol. The molecule has 6 nitrogen and oxygen atoms in total. The summed E-state index contributed by atoms with van der Waals surface area (Å²) in [4.78, 5) is 12.7. The molecular weight excluding hydrogens is 242 g/mol. The first kappa shape index (κ1) is 11.0. The molecule has 2 aromatic rings. The first-order valence-electron chi connectivity index (χ1n) is 6.69. The molecule has 4 rings (SSSR count). The minimum Gasteiger partial charge on any atom is -0.338 e. The highest BCUT2D eigenvalue weighted by Crippen LogP contribution is 2.51. The molecule has 2 saturated carbocycles. The fourth-order valence-corrected chi connectivity index (χ4v) is 3.58. The molecule has 2 aliphatic carbocycles. The van der Waals surface area contributed by atoms with Gasteiger partial charge in [0.25, 0.3) is 0 Å². The lowest BCUT2D eigenvalue weighted by Gasteiger charge is -2.24. The molecule has 2 aliphatic rings. The Morgan fingerprint density at radius 3 is 2.63 bits per heavy atom. The molecule has 4 atom stereocenters. The zero-order chi connectivity index (χ0) is 12.8. The van der Waals surface area contributed by atoms with Gasteiger partial charge >= 0.3 is 0 Å². The Bertz CT molecular complexity index is 582. The summed E-state index contributed by atoms with van der Waals surface area (Å²) in [6.45, 7) is 0. The smallest absolute Gasteiger partial charge is 0.240 e. The van der Waals surface area contributed by atoms with Crippen LogP contribution >= 0.6 is 0 Å². The van der Waals surface area contributed by atoms with E-state index in [0.29, 0.717) is 29.4 Å². The van der Waals surface area contributed by atoms with Crippen LogP contribution in [0.4, 0.5) is 0 Å². The summed E-state index contributed by atoms with van der Waals surface area (Å²) in [5.41, 5.74) is 6.29. The molecule has 98 valence electrons. The Kier molecular flexibility index (Phi) is 2.38. The molecule has 0 radical (unpaired) electrons. The van der Waals surface area contributed by atoms with Gasteiger partial charge in [-0.25, -0.2) is 9.97 Å². The van der Waals surface area contributed by atoms with Crippen molar-refractivity contribution in [3.8, 4) is 11.6 Å². The molecule has 0 aliphatic heterocycles. The van der Waals surface area contributed by atoms with E-state index in [1.807, 2.05) is 0 Å². The molecule has 0 amide bonds. The third kappa shape index (κ3) is 1.67. The van der Waals surface area contributed by atoms with Crippen molar-refractivity contribution in [1.82, 2.24) is 20.1 Å². The molecule has 4 unspecified atom stereocenters. The first-order chi connectivity index (χ1) is 9.33. The van der Waals surface area contributed by atoms with Gasteiger partial charge in [0.1, 0.15) is 0 Å². The van der Waals surface area contributed by atoms with E-state index in [1.54, 1.807) is 18.5 Å². The molecule has 2 heterocycles. The lowest BCUT2D eigenvalue weighted by molar-refractivity contribution is 0.279. The molecular formula is C13H15N5O. The zero-order valence-electron chi connectivity index (χ0n) is 10.4. The molecule has 2 aromatic heterocycles. The van der Waals surface area contributed by atoms with Crippen LogP contribution in [-0.2, 0) is 0 Å². The van der Waals surface area contributed by atoms with Crippen LogP contribution in [0.5, 0.6) is 0 Å². The second-order valence-corrected chi connectivity index (χ2v) is 5.46. The van der Waals surface area contributed by atoms with E-state index in [2.05, 4.69) is 20.1 Å². The van der Waals surface area contributed by atoms with E-state index in [4.69, 9.17) is 10.3 Å². The average molecular weight is 257 g/mol. The minimum absolute atomic E-state index is 0.156. The van der Waals surface area contributed by atoms with Crippen LogP contribution in [0.2, 0.25) is 0 Å². The Hall–Kier alpha value is -1.82. The van der Waals surface area contributed by atoms with Gasteiger partial charge in [0.05, 0.1) is 5.92 Å². The Morgan fingerprint density at radius 1 is 1.11 bits per heavy atom. The van der Waals surface area contributed by atoms with Gasteiger partial charge in [0.2, 0.25) is 17.5 Å². The van der Waals surface area contributed by atoms with Gasteiger partial charge in [-0.1, -0.05) is 5.16 Å². The van der Waals surface area contributed by atoms with Gasteiger partial charge in [-0.3, -0.25) is 0 Å². The third-order valence-corrected chi connectivity index (χ3v) is 4.47. The molecule has 6 heteroatoms. The summed E-state index contributed by atoms with van der Waals surface area (Å²) in [6, 6.07) is 1.92. The predicted molar refractivity (Wildman–Crippen MR) is 66.9 cm³/mol. The number of hydrogen-bond donors (Lipinski definition) is 1. The number of rotatable bonds is 2. The van der Waals surface area contributed by atoms with E-state index in [1.165, 1.54) is 19.3 Å². The maximum Gasteiger partial charge on any atom is 0.240 e. The topological polar surface area (TPSA) is 90.7 Å².